The van der Waals surface area contributed by atoms with Gasteiger partial charge in [0, 0.05) is 4.47 Å². The van der Waals surface area contributed by atoms with Gasteiger partial charge in [-0.1, -0.05) is 28.1 Å². The van der Waals surface area contributed by atoms with Gasteiger partial charge in [0.05, 0.1) is 25.3 Å². The standard InChI is InChI=1S/C20H18BrFN4O3/c1-12-23-19(25-26(12)16-9-7-15(22)8-10-16)20(28)24-17(11-18(27)29-2)13-3-5-14(21)6-4-13/h3-10,17H,11H2,1-2H3,(H,24,28). The number of methoxy groups -OCH3 is 1. The largest absolute Gasteiger partial charge is 0.469 e. The lowest BCUT2D eigenvalue weighted by atomic mass is 10.0. The second-order valence-electron chi connectivity index (χ2n) is 6.23. The molecule has 1 heterocycles. The van der Waals surface area contributed by atoms with Gasteiger partial charge in [0.1, 0.15) is 11.6 Å². The first-order valence-electron chi connectivity index (χ1n) is 8.70. The van der Waals surface area contributed by atoms with Crippen molar-refractivity contribution in [3.05, 3.63) is 76.0 Å². The van der Waals surface area contributed by atoms with Crippen molar-refractivity contribution in [3.8, 4) is 5.69 Å². The normalized spacial score (nSPS) is 11.7. The maximum atomic E-state index is 13.1. The van der Waals surface area contributed by atoms with Crippen molar-refractivity contribution in [3.63, 3.8) is 0 Å². The molecule has 0 aliphatic rings. The Kier molecular flexibility index (Phi) is 6.38. The van der Waals surface area contributed by atoms with Gasteiger partial charge in [-0.05, 0) is 48.9 Å². The van der Waals surface area contributed by atoms with E-state index in [4.69, 9.17) is 4.74 Å². The van der Waals surface area contributed by atoms with Crippen LogP contribution in [0.1, 0.15) is 34.5 Å². The van der Waals surface area contributed by atoms with Gasteiger partial charge in [-0.2, -0.15) is 0 Å². The van der Waals surface area contributed by atoms with Crippen LogP contribution in [0.25, 0.3) is 5.69 Å². The van der Waals surface area contributed by atoms with Crippen LogP contribution in [-0.4, -0.2) is 33.8 Å². The van der Waals surface area contributed by atoms with E-state index < -0.39 is 17.9 Å². The van der Waals surface area contributed by atoms with E-state index in [1.807, 2.05) is 12.1 Å². The molecule has 0 aliphatic carbocycles. The molecule has 0 bridgehead atoms. The Morgan fingerprint density at radius 1 is 1.17 bits per heavy atom. The molecule has 0 saturated heterocycles. The van der Waals surface area contributed by atoms with Crippen LogP contribution in [0, 0.1) is 12.7 Å². The maximum Gasteiger partial charge on any atom is 0.307 e. The van der Waals surface area contributed by atoms with Crippen LogP contribution >= 0.6 is 15.9 Å². The zero-order valence-electron chi connectivity index (χ0n) is 15.7. The Morgan fingerprint density at radius 3 is 2.45 bits per heavy atom. The summed E-state index contributed by atoms with van der Waals surface area (Å²) in [6.45, 7) is 1.69. The molecule has 0 spiro atoms. The minimum Gasteiger partial charge on any atom is -0.469 e. The smallest absolute Gasteiger partial charge is 0.307 e. The van der Waals surface area contributed by atoms with E-state index in [1.54, 1.807) is 31.2 Å². The summed E-state index contributed by atoms with van der Waals surface area (Å²) in [5.74, 6) is -0.955. The average Bonchev–Trinajstić information content (AvgIpc) is 3.10. The summed E-state index contributed by atoms with van der Waals surface area (Å²) in [4.78, 5) is 28.7. The van der Waals surface area contributed by atoms with Gasteiger partial charge in [-0.3, -0.25) is 9.59 Å². The van der Waals surface area contributed by atoms with Crippen molar-refractivity contribution >= 4 is 27.8 Å². The summed E-state index contributed by atoms with van der Waals surface area (Å²) in [7, 11) is 1.29. The number of halogens is 2. The number of ether oxygens (including phenoxy) is 1. The molecule has 0 radical (unpaired) electrons. The van der Waals surface area contributed by atoms with E-state index in [1.165, 1.54) is 23.9 Å². The van der Waals surface area contributed by atoms with Crippen molar-refractivity contribution in [2.75, 3.05) is 7.11 Å². The van der Waals surface area contributed by atoms with E-state index in [0.29, 0.717) is 11.5 Å². The molecule has 1 unspecified atom stereocenters. The Bertz CT molecular complexity index is 1020. The second kappa shape index (κ2) is 8.95. The number of aromatic nitrogens is 3. The molecule has 0 aliphatic heterocycles. The lowest BCUT2D eigenvalue weighted by Gasteiger charge is -2.17. The first-order valence-corrected chi connectivity index (χ1v) is 9.49. The molecule has 1 aromatic heterocycles. The van der Waals surface area contributed by atoms with Crippen molar-refractivity contribution in [2.24, 2.45) is 0 Å². The molecule has 29 heavy (non-hydrogen) atoms. The molecule has 1 amide bonds. The minimum atomic E-state index is -0.610. The first-order chi connectivity index (χ1) is 13.9. The van der Waals surface area contributed by atoms with E-state index >= 15 is 0 Å². The molecular formula is C20H18BrFN4O3. The topological polar surface area (TPSA) is 86.1 Å². The number of carbonyl (C=O) groups is 2. The van der Waals surface area contributed by atoms with Gasteiger partial charge >= 0.3 is 5.97 Å². The predicted molar refractivity (Wildman–Crippen MR) is 107 cm³/mol. The summed E-state index contributed by atoms with van der Waals surface area (Å²) in [5, 5.41) is 7.00. The van der Waals surface area contributed by atoms with Crippen molar-refractivity contribution in [1.29, 1.82) is 0 Å². The number of aryl methyl sites for hydroxylation is 1. The van der Waals surface area contributed by atoms with Crippen LogP contribution in [0.4, 0.5) is 4.39 Å². The number of benzene rings is 2. The molecule has 9 heteroatoms. The van der Waals surface area contributed by atoms with Crippen molar-refractivity contribution in [1.82, 2.24) is 20.1 Å². The second-order valence-corrected chi connectivity index (χ2v) is 7.14. The molecular weight excluding hydrogens is 443 g/mol. The zero-order valence-corrected chi connectivity index (χ0v) is 17.3. The highest BCUT2D eigenvalue weighted by molar-refractivity contribution is 9.10. The zero-order chi connectivity index (χ0) is 21.0. The molecule has 3 rings (SSSR count). The Hall–Kier alpha value is -3.07. The lowest BCUT2D eigenvalue weighted by molar-refractivity contribution is -0.141. The number of hydrogen-bond donors (Lipinski definition) is 1. The van der Waals surface area contributed by atoms with Gasteiger partial charge in [-0.15, -0.1) is 5.10 Å². The number of rotatable bonds is 6. The third-order valence-electron chi connectivity index (χ3n) is 4.22. The van der Waals surface area contributed by atoms with Crippen LogP contribution in [0.2, 0.25) is 0 Å². The fourth-order valence-corrected chi connectivity index (χ4v) is 3.00. The van der Waals surface area contributed by atoms with Gasteiger partial charge in [0.25, 0.3) is 5.91 Å². The SMILES string of the molecule is COC(=O)CC(NC(=O)c1nc(C)n(-c2ccc(F)cc2)n1)c1ccc(Br)cc1. The highest BCUT2D eigenvalue weighted by Gasteiger charge is 2.23. The summed E-state index contributed by atoms with van der Waals surface area (Å²) < 4.78 is 20.2. The summed E-state index contributed by atoms with van der Waals surface area (Å²) in [6.07, 6.45) is -0.0402. The summed E-state index contributed by atoms with van der Waals surface area (Å²) >= 11 is 3.36. The third kappa shape index (κ3) is 5.05. The Labute approximate surface area is 175 Å². The van der Waals surface area contributed by atoms with Crippen LogP contribution in [0.3, 0.4) is 0 Å². The minimum absolute atomic E-state index is 0.0402. The Balaban J connectivity index is 1.84. The number of amides is 1. The van der Waals surface area contributed by atoms with E-state index in [0.717, 1.165) is 10.0 Å². The number of nitrogens with one attached hydrogen (secondary N) is 1. The van der Waals surface area contributed by atoms with Gasteiger partial charge < -0.3 is 10.1 Å². The highest BCUT2D eigenvalue weighted by Crippen LogP contribution is 2.21. The van der Waals surface area contributed by atoms with Crippen LogP contribution in [0.5, 0.6) is 0 Å². The van der Waals surface area contributed by atoms with Gasteiger partial charge in [0.2, 0.25) is 5.82 Å². The summed E-state index contributed by atoms with van der Waals surface area (Å²) in [5.41, 5.74) is 1.32. The fraction of sp³-hybridized carbons (Fsp3) is 0.200. The molecule has 150 valence electrons. The van der Waals surface area contributed by atoms with Crippen molar-refractivity contribution in [2.45, 2.75) is 19.4 Å². The van der Waals surface area contributed by atoms with Crippen LogP contribution < -0.4 is 5.32 Å². The molecule has 3 aromatic rings. The van der Waals surface area contributed by atoms with E-state index in [-0.39, 0.29) is 18.1 Å². The van der Waals surface area contributed by atoms with E-state index in [2.05, 4.69) is 31.3 Å². The molecule has 1 N–H and O–H groups in total. The fourth-order valence-electron chi connectivity index (χ4n) is 2.73. The third-order valence-corrected chi connectivity index (χ3v) is 4.75. The predicted octanol–water partition coefficient (Wildman–Crippen LogP) is 3.51. The molecule has 0 fully saturated rings. The van der Waals surface area contributed by atoms with E-state index in [9.17, 15) is 14.0 Å². The van der Waals surface area contributed by atoms with Gasteiger partial charge in [-0.25, -0.2) is 14.1 Å². The number of nitrogens with zero attached hydrogens (tertiary/aromatic N) is 3. The monoisotopic (exact) mass is 460 g/mol. The van der Waals surface area contributed by atoms with Gasteiger partial charge in [0.15, 0.2) is 0 Å². The number of hydrogen-bond acceptors (Lipinski definition) is 5. The molecule has 2 aromatic carbocycles. The number of carbonyl (C=O) groups excluding carboxylic acids is 2. The first kappa shape index (κ1) is 20.7. The lowest BCUT2D eigenvalue weighted by Crippen LogP contribution is -2.31. The highest BCUT2D eigenvalue weighted by atomic mass is 79.9. The molecule has 0 saturated carbocycles. The molecule has 7 nitrogen and oxygen atoms in total. The number of esters is 1. The average molecular weight is 461 g/mol. The van der Waals surface area contributed by atoms with Crippen molar-refractivity contribution < 1.29 is 18.7 Å². The summed E-state index contributed by atoms with van der Waals surface area (Å²) in [6, 6.07) is 12.3. The maximum absolute atomic E-state index is 13.1. The van der Waals surface area contributed by atoms with Crippen LogP contribution in [-0.2, 0) is 9.53 Å². The molecule has 1 atom stereocenters. The Morgan fingerprint density at radius 2 is 1.83 bits per heavy atom. The quantitative estimate of drug-likeness (QED) is 0.568. The van der Waals surface area contributed by atoms with Crippen LogP contribution in [0.15, 0.2) is 53.0 Å².